The van der Waals surface area contributed by atoms with Crippen molar-refractivity contribution in [1.82, 2.24) is 9.80 Å². The molecule has 0 radical (unpaired) electrons. The maximum atomic E-state index is 12.4. The Labute approximate surface area is 163 Å². The van der Waals surface area contributed by atoms with Crippen molar-refractivity contribution in [3.05, 3.63) is 0 Å². The monoisotopic (exact) mass is 400 g/mol. The standard InChI is InChI=1S/C18H28N2O6S/c1-4-25-16(22)14(20-15(21)11-27-18(20)24)9-13-5-7-19(8-6-13)17(23)26-10-12(2)3/h12-14H,4-11H2,1-3H3. The van der Waals surface area contributed by atoms with Gasteiger partial charge in [-0.25, -0.2) is 9.59 Å². The molecule has 2 heterocycles. The van der Waals surface area contributed by atoms with E-state index >= 15 is 0 Å². The van der Waals surface area contributed by atoms with Crippen molar-refractivity contribution >= 4 is 35.0 Å². The fourth-order valence-corrected chi connectivity index (χ4v) is 3.96. The maximum Gasteiger partial charge on any atom is 0.409 e. The Kier molecular flexibility index (Phi) is 7.94. The van der Waals surface area contributed by atoms with Gasteiger partial charge in [0.05, 0.1) is 19.0 Å². The van der Waals surface area contributed by atoms with Gasteiger partial charge in [-0.2, -0.15) is 0 Å². The third kappa shape index (κ3) is 5.85. The number of thioether (sulfide) groups is 1. The van der Waals surface area contributed by atoms with E-state index in [1.54, 1.807) is 11.8 Å². The average molecular weight is 400 g/mol. The summed E-state index contributed by atoms with van der Waals surface area (Å²) in [4.78, 5) is 51.2. The zero-order chi connectivity index (χ0) is 20.0. The molecule has 2 rings (SSSR count). The van der Waals surface area contributed by atoms with E-state index in [0.29, 0.717) is 39.0 Å². The first kappa shape index (κ1) is 21.5. The number of imide groups is 1. The van der Waals surface area contributed by atoms with Crippen LogP contribution in [-0.2, 0) is 19.1 Å². The molecule has 0 aromatic heterocycles. The number of likely N-dealkylation sites (tertiary alicyclic amines) is 1. The maximum absolute atomic E-state index is 12.4. The highest BCUT2D eigenvalue weighted by molar-refractivity contribution is 8.14. The highest BCUT2D eigenvalue weighted by Crippen LogP contribution is 2.29. The number of hydrogen-bond donors (Lipinski definition) is 0. The summed E-state index contributed by atoms with van der Waals surface area (Å²) >= 11 is 0.912. The minimum atomic E-state index is -0.885. The van der Waals surface area contributed by atoms with Crippen LogP contribution < -0.4 is 0 Å². The second-order valence-electron chi connectivity index (χ2n) is 7.22. The van der Waals surface area contributed by atoms with Crippen molar-refractivity contribution < 1.29 is 28.7 Å². The summed E-state index contributed by atoms with van der Waals surface area (Å²) in [6, 6.07) is -0.885. The van der Waals surface area contributed by atoms with Gasteiger partial charge in [-0.05, 0) is 38.0 Å². The fourth-order valence-electron chi connectivity index (χ4n) is 3.21. The Morgan fingerprint density at radius 1 is 1.19 bits per heavy atom. The normalized spacial score (nSPS) is 19.6. The van der Waals surface area contributed by atoms with Crippen LogP contribution in [0.15, 0.2) is 0 Å². The van der Waals surface area contributed by atoms with Crippen molar-refractivity contribution in [2.24, 2.45) is 11.8 Å². The van der Waals surface area contributed by atoms with E-state index in [4.69, 9.17) is 9.47 Å². The van der Waals surface area contributed by atoms with E-state index in [9.17, 15) is 19.2 Å². The van der Waals surface area contributed by atoms with Crippen LogP contribution in [0, 0.1) is 11.8 Å². The summed E-state index contributed by atoms with van der Waals surface area (Å²) in [7, 11) is 0. The zero-order valence-electron chi connectivity index (χ0n) is 16.1. The van der Waals surface area contributed by atoms with Crippen molar-refractivity contribution in [3.63, 3.8) is 0 Å². The second kappa shape index (κ2) is 9.96. The van der Waals surface area contributed by atoms with Gasteiger partial charge in [-0.3, -0.25) is 14.5 Å². The van der Waals surface area contributed by atoms with Gasteiger partial charge in [0, 0.05) is 13.1 Å². The predicted octanol–water partition coefficient (Wildman–Crippen LogP) is 2.51. The molecule has 8 nitrogen and oxygen atoms in total. The number of hydrogen-bond acceptors (Lipinski definition) is 7. The van der Waals surface area contributed by atoms with E-state index in [2.05, 4.69) is 0 Å². The molecule has 0 saturated carbocycles. The number of amides is 3. The lowest BCUT2D eigenvalue weighted by Gasteiger charge is -2.34. The van der Waals surface area contributed by atoms with Gasteiger partial charge in [0.15, 0.2) is 0 Å². The van der Waals surface area contributed by atoms with Crippen LogP contribution in [0.2, 0.25) is 0 Å². The second-order valence-corrected chi connectivity index (χ2v) is 8.15. The summed E-state index contributed by atoms with van der Waals surface area (Å²) in [6.07, 6.45) is 1.43. The zero-order valence-corrected chi connectivity index (χ0v) is 17.0. The number of esters is 1. The third-order valence-electron chi connectivity index (χ3n) is 4.62. The molecule has 1 unspecified atom stereocenters. The lowest BCUT2D eigenvalue weighted by Crippen LogP contribution is -2.47. The van der Waals surface area contributed by atoms with E-state index in [1.807, 2.05) is 13.8 Å². The first-order valence-corrected chi connectivity index (χ1v) is 10.4. The number of rotatable bonds is 7. The van der Waals surface area contributed by atoms with Crippen molar-refractivity contribution in [3.8, 4) is 0 Å². The van der Waals surface area contributed by atoms with E-state index in [-0.39, 0.29) is 36.2 Å². The Hall–Kier alpha value is -1.77. The Morgan fingerprint density at radius 2 is 1.85 bits per heavy atom. The topological polar surface area (TPSA) is 93.2 Å². The molecule has 0 aromatic carbocycles. The Bertz CT molecular complexity index is 558. The summed E-state index contributed by atoms with van der Waals surface area (Å²) in [5.74, 6) is -0.419. The molecule has 3 amide bonds. The number of piperidine rings is 1. The SMILES string of the molecule is CCOC(=O)C(CC1CCN(C(=O)OCC(C)C)CC1)N1C(=O)CSC1=O. The molecule has 0 aromatic rings. The molecular formula is C18H28N2O6S. The third-order valence-corrected chi connectivity index (χ3v) is 5.46. The van der Waals surface area contributed by atoms with E-state index < -0.39 is 17.3 Å². The lowest BCUT2D eigenvalue weighted by atomic mass is 9.89. The first-order chi connectivity index (χ1) is 12.8. The van der Waals surface area contributed by atoms with Crippen LogP contribution in [0.25, 0.3) is 0 Å². The van der Waals surface area contributed by atoms with Crippen LogP contribution in [0.4, 0.5) is 9.59 Å². The first-order valence-electron chi connectivity index (χ1n) is 9.40. The van der Waals surface area contributed by atoms with E-state index in [1.165, 1.54) is 0 Å². The van der Waals surface area contributed by atoms with Gasteiger partial charge in [0.25, 0.3) is 5.24 Å². The minimum absolute atomic E-state index is 0.0644. The molecule has 0 N–H and O–H groups in total. The number of carbonyl (C=O) groups excluding carboxylic acids is 4. The molecule has 2 aliphatic rings. The largest absolute Gasteiger partial charge is 0.464 e. The molecule has 2 aliphatic heterocycles. The molecule has 2 saturated heterocycles. The lowest BCUT2D eigenvalue weighted by molar-refractivity contribution is -0.152. The van der Waals surface area contributed by atoms with Gasteiger partial charge in [0.2, 0.25) is 5.91 Å². The smallest absolute Gasteiger partial charge is 0.409 e. The molecule has 0 bridgehead atoms. The molecule has 9 heteroatoms. The minimum Gasteiger partial charge on any atom is -0.464 e. The molecule has 2 fully saturated rings. The van der Waals surface area contributed by atoms with E-state index in [0.717, 1.165) is 16.7 Å². The van der Waals surface area contributed by atoms with Crippen LogP contribution >= 0.6 is 11.8 Å². The van der Waals surface area contributed by atoms with Crippen LogP contribution in [0.1, 0.15) is 40.0 Å². The van der Waals surface area contributed by atoms with Gasteiger partial charge >= 0.3 is 12.1 Å². The number of nitrogens with zero attached hydrogens (tertiary/aromatic N) is 2. The van der Waals surface area contributed by atoms with Crippen molar-refractivity contribution in [1.29, 1.82) is 0 Å². The molecule has 0 spiro atoms. The summed E-state index contributed by atoms with van der Waals surface area (Å²) in [6.45, 7) is 7.31. The molecule has 0 aliphatic carbocycles. The van der Waals surface area contributed by atoms with Gasteiger partial charge in [-0.1, -0.05) is 25.6 Å². The number of ether oxygens (including phenoxy) is 2. The van der Waals surface area contributed by atoms with Gasteiger partial charge < -0.3 is 14.4 Å². The Balaban J connectivity index is 1.93. The molecule has 1 atom stereocenters. The quantitative estimate of drug-likeness (QED) is 0.606. The number of carbonyl (C=O) groups is 4. The highest BCUT2D eigenvalue weighted by Gasteiger charge is 2.42. The van der Waals surface area contributed by atoms with Crippen LogP contribution in [0.5, 0.6) is 0 Å². The Morgan fingerprint density at radius 3 is 2.37 bits per heavy atom. The van der Waals surface area contributed by atoms with Crippen LogP contribution in [0.3, 0.4) is 0 Å². The fraction of sp³-hybridized carbons (Fsp3) is 0.778. The predicted molar refractivity (Wildman–Crippen MR) is 100 cm³/mol. The van der Waals surface area contributed by atoms with Crippen LogP contribution in [-0.4, -0.2) is 71.1 Å². The van der Waals surface area contributed by atoms with Crippen molar-refractivity contribution in [2.45, 2.75) is 46.1 Å². The van der Waals surface area contributed by atoms with Gasteiger partial charge in [0.1, 0.15) is 6.04 Å². The molecule has 152 valence electrons. The average Bonchev–Trinajstić information content (AvgIpc) is 2.96. The molecule has 27 heavy (non-hydrogen) atoms. The summed E-state index contributed by atoms with van der Waals surface area (Å²) in [5, 5.41) is -0.396. The highest BCUT2D eigenvalue weighted by atomic mass is 32.2. The summed E-state index contributed by atoms with van der Waals surface area (Å²) in [5.41, 5.74) is 0. The van der Waals surface area contributed by atoms with Crippen molar-refractivity contribution in [2.75, 3.05) is 32.1 Å². The summed E-state index contributed by atoms with van der Waals surface area (Å²) < 4.78 is 10.3. The molecular weight excluding hydrogens is 372 g/mol. The van der Waals surface area contributed by atoms with Gasteiger partial charge in [-0.15, -0.1) is 0 Å².